The molecule has 0 radical (unpaired) electrons. The summed E-state index contributed by atoms with van der Waals surface area (Å²) in [4.78, 5) is 25.0. The second-order valence-corrected chi connectivity index (χ2v) is 9.22. The number of aromatic nitrogens is 2. The molecule has 2 aromatic carbocycles. The van der Waals surface area contributed by atoms with E-state index < -0.39 is 0 Å². The zero-order chi connectivity index (χ0) is 24.1. The molecule has 0 atom stereocenters. The molecule has 0 aliphatic heterocycles. The molecular formula is C26H31Cl3N4O3. The van der Waals surface area contributed by atoms with E-state index in [2.05, 4.69) is 16.5 Å². The molecule has 10 heteroatoms. The highest BCUT2D eigenvalue weighted by atomic mass is 35.5. The topological polar surface area (TPSA) is 110 Å². The monoisotopic (exact) mass is 552 g/mol. The molecule has 7 nitrogen and oxygen atoms in total. The predicted molar refractivity (Wildman–Crippen MR) is 148 cm³/mol. The summed E-state index contributed by atoms with van der Waals surface area (Å²) in [7, 11) is 0. The maximum atomic E-state index is 12.7. The van der Waals surface area contributed by atoms with Gasteiger partial charge in [-0.25, -0.2) is 4.68 Å². The quantitative estimate of drug-likeness (QED) is 0.407. The Labute approximate surface area is 227 Å². The van der Waals surface area contributed by atoms with E-state index in [-0.39, 0.29) is 60.9 Å². The van der Waals surface area contributed by atoms with Crippen molar-refractivity contribution < 1.29 is 9.90 Å². The van der Waals surface area contributed by atoms with E-state index in [0.717, 1.165) is 36.8 Å². The summed E-state index contributed by atoms with van der Waals surface area (Å²) in [5.41, 5.74) is 8.92. The number of carbonyl (C=O) groups excluding carboxylic acids is 1. The number of halogens is 3. The summed E-state index contributed by atoms with van der Waals surface area (Å²) < 4.78 is 1.58. The smallest absolute Gasteiger partial charge is 0.267 e. The zero-order valence-corrected chi connectivity index (χ0v) is 22.1. The standard InChI is InChI=1S/C26H29ClN4O3.2ClH/c27-21-6-2-5-20(16-21)26(17-28)11-9-22(10-12-26)31-24(33)8-7-23(30-31)18-3-1-4-19(15-18)25(34)29-13-14-32;;/h1-8,15-16,22,32H,9-14,17,28H2,(H,29,34);2*1H/t22-,26+;;. The molecule has 1 aromatic heterocycles. The van der Waals surface area contributed by atoms with E-state index in [4.69, 9.17) is 22.4 Å². The maximum Gasteiger partial charge on any atom is 0.267 e. The zero-order valence-electron chi connectivity index (χ0n) is 19.7. The largest absolute Gasteiger partial charge is 0.395 e. The van der Waals surface area contributed by atoms with Crippen LogP contribution in [0.2, 0.25) is 5.02 Å². The third kappa shape index (κ3) is 6.47. The first-order valence-corrected chi connectivity index (χ1v) is 11.9. The van der Waals surface area contributed by atoms with Crippen molar-refractivity contribution in [2.45, 2.75) is 37.1 Å². The maximum absolute atomic E-state index is 12.7. The highest BCUT2D eigenvalue weighted by Crippen LogP contribution is 2.42. The van der Waals surface area contributed by atoms with E-state index in [0.29, 0.717) is 22.8 Å². The van der Waals surface area contributed by atoms with Crippen molar-refractivity contribution in [3.8, 4) is 11.3 Å². The molecule has 4 N–H and O–H groups in total. The van der Waals surface area contributed by atoms with E-state index in [1.807, 2.05) is 24.3 Å². The molecular weight excluding hydrogens is 523 g/mol. The third-order valence-corrected chi connectivity index (χ3v) is 6.96. The number of nitrogens with one attached hydrogen (secondary N) is 1. The summed E-state index contributed by atoms with van der Waals surface area (Å²) >= 11 is 6.23. The molecule has 1 amide bonds. The van der Waals surface area contributed by atoms with E-state index >= 15 is 0 Å². The van der Waals surface area contributed by atoms with Gasteiger partial charge < -0.3 is 16.2 Å². The first-order valence-electron chi connectivity index (χ1n) is 11.5. The van der Waals surface area contributed by atoms with Crippen LogP contribution in [0.5, 0.6) is 0 Å². The number of hydrogen-bond donors (Lipinski definition) is 3. The molecule has 4 rings (SSSR count). The number of aliphatic hydroxyl groups is 1. The first kappa shape index (κ1) is 29.8. The average Bonchev–Trinajstić information content (AvgIpc) is 2.88. The number of carbonyl (C=O) groups is 1. The Kier molecular flexibility index (Phi) is 10.9. The van der Waals surface area contributed by atoms with Crippen molar-refractivity contribution in [1.29, 1.82) is 0 Å². The van der Waals surface area contributed by atoms with Crippen LogP contribution in [0.15, 0.2) is 65.5 Å². The lowest BCUT2D eigenvalue weighted by Crippen LogP contribution is -2.41. The lowest BCUT2D eigenvalue weighted by atomic mass is 9.68. The van der Waals surface area contributed by atoms with Gasteiger partial charge in [0.15, 0.2) is 0 Å². The van der Waals surface area contributed by atoms with Crippen LogP contribution in [-0.2, 0) is 5.41 Å². The molecule has 0 unspecified atom stereocenters. The minimum Gasteiger partial charge on any atom is -0.395 e. The molecule has 0 spiro atoms. The number of nitrogens with two attached hydrogens (primary N) is 1. The van der Waals surface area contributed by atoms with Crippen LogP contribution in [-0.4, -0.2) is 40.5 Å². The molecule has 3 aromatic rings. The van der Waals surface area contributed by atoms with Gasteiger partial charge in [-0.1, -0.05) is 35.9 Å². The summed E-state index contributed by atoms with van der Waals surface area (Å²) in [5, 5.41) is 16.9. The minimum absolute atomic E-state index is 0. The second kappa shape index (κ2) is 13.2. The number of hydrogen-bond acceptors (Lipinski definition) is 5. The van der Waals surface area contributed by atoms with Crippen LogP contribution in [0.3, 0.4) is 0 Å². The van der Waals surface area contributed by atoms with Gasteiger partial charge in [0.2, 0.25) is 0 Å². The Morgan fingerprint density at radius 3 is 2.50 bits per heavy atom. The summed E-state index contributed by atoms with van der Waals surface area (Å²) in [6.07, 6.45) is 3.24. The fourth-order valence-electron chi connectivity index (χ4n) is 4.76. The van der Waals surface area contributed by atoms with E-state index in [9.17, 15) is 9.59 Å². The number of rotatable bonds is 7. The molecule has 0 saturated heterocycles. The van der Waals surface area contributed by atoms with Gasteiger partial charge in [0, 0.05) is 40.7 Å². The summed E-state index contributed by atoms with van der Waals surface area (Å²) in [6.45, 7) is 0.586. The molecule has 36 heavy (non-hydrogen) atoms. The van der Waals surface area contributed by atoms with Crippen LogP contribution in [0.4, 0.5) is 0 Å². The molecule has 0 bridgehead atoms. The summed E-state index contributed by atoms with van der Waals surface area (Å²) in [5.74, 6) is -0.268. The molecule has 1 saturated carbocycles. The Morgan fingerprint density at radius 1 is 1.11 bits per heavy atom. The van der Waals surface area contributed by atoms with Gasteiger partial charge in [-0.15, -0.1) is 24.8 Å². The van der Waals surface area contributed by atoms with Crippen LogP contribution < -0.4 is 16.6 Å². The van der Waals surface area contributed by atoms with Crippen LogP contribution in [0.25, 0.3) is 11.3 Å². The molecule has 1 aliphatic rings. The average molecular weight is 554 g/mol. The highest BCUT2D eigenvalue weighted by Gasteiger charge is 2.37. The van der Waals surface area contributed by atoms with Gasteiger partial charge in [-0.05, 0) is 61.6 Å². The van der Waals surface area contributed by atoms with Crippen molar-refractivity contribution in [1.82, 2.24) is 15.1 Å². The molecule has 1 fully saturated rings. The normalized spacial score (nSPS) is 19.0. The third-order valence-electron chi connectivity index (χ3n) is 6.73. The van der Waals surface area contributed by atoms with Crippen LogP contribution >= 0.6 is 36.4 Å². The van der Waals surface area contributed by atoms with Crippen molar-refractivity contribution in [3.63, 3.8) is 0 Å². The fourth-order valence-corrected chi connectivity index (χ4v) is 4.95. The minimum atomic E-state index is -0.268. The number of amides is 1. The predicted octanol–water partition coefficient (Wildman–Crippen LogP) is 4.14. The Morgan fingerprint density at radius 2 is 1.83 bits per heavy atom. The van der Waals surface area contributed by atoms with Gasteiger partial charge in [0.25, 0.3) is 11.5 Å². The van der Waals surface area contributed by atoms with Crippen LogP contribution in [0, 0.1) is 0 Å². The Hall–Kier alpha value is -2.42. The number of benzene rings is 2. The lowest BCUT2D eigenvalue weighted by molar-refractivity contribution is 0.0945. The number of aliphatic hydroxyl groups excluding tert-OH is 1. The Balaban J connectivity index is 0.00000228. The van der Waals surface area contributed by atoms with Gasteiger partial charge in [0.05, 0.1) is 18.3 Å². The van der Waals surface area contributed by atoms with E-state index in [1.165, 1.54) is 6.07 Å². The highest BCUT2D eigenvalue weighted by molar-refractivity contribution is 6.30. The van der Waals surface area contributed by atoms with Crippen LogP contribution in [0.1, 0.15) is 47.6 Å². The van der Waals surface area contributed by atoms with Gasteiger partial charge in [-0.2, -0.15) is 5.10 Å². The van der Waals surface area contributed by atoms with Gasteiger partial charge in [0.1, 0.15) is 0 Å². The van der Waals surface area contributed by atoms with Crippen molar-refractivity contribution >= 4 is 42.3 Å². The van der Waals surface area contributed by atoms with Crippen molar-refractivity contribution in [3.05, 3.63) is 87.2 Å². The Bertz CT molecular complexity index is 1230. The lowest BCUT2D eigenvalue weighted by Gasteiger charge is -2.40. The van der Waals surface area contributed by atoms with Gasteiger partial charge in [-0.3, -0.25) is 9.59 Å². The van der Waals surface area contributed by atoms with E-state index in [1.54, 1.807) is 28.9 Å². The molecule has 194 valence electrons. The molecule has 1 heterocycles. The van der Waals surface area contributed by atoms with Gasteiger partial charge >= 0.3 is 0 Å². The number of nitrogens with zero attached hydrogens (tertiary/aromatic N) is 2. The van der Waals surface area contributed by atoms with Crippen molar-refractivity contribution in [2.75, 3.05) is 19.7 Å². The SMILES string of the molecule is Cl.Cl.NC[C@]1(c2cccc(Cl)c2)CC[C@@H](n2nc(-c3cccc(C(=O)NCCO)c3)ccc2=O)CC1. The second-order valence-electron chi connectivity index (χ2n) is 8.79. The fraction of sp³-hybridized carbons (Fsp3) is 0.346. The molecule has 1 aliphatic carbocycles. The van der Waals surface area contributed by atoms with Crippen molar-refractivity contribution in [2.24, 2.45) is 5.73 Å². The summed E-state index contributed by atoms with van der Waals surface area (Å²) in [6, 6.07) is 18.2. The first-order chi connectivity index (χ1) is 16.5.